The van der Waals surface area contributed by atoms with E-state index in [2.05, 4.69) is 5.32 Å². The van der Waals surface area contributed by atoms with Gasteiger partial charge in [0.05, 0.1) is 24.5 Å². The molecule has 0 bridgehead atoms. The normalized spacial score (nSPS) is 21.3. The molecule has 1 aliphatic heterocycles. The summed E-state index contributed by atoms with van der Waals surface area (Å²) in [5, 5.41) is 2.93. The standard InChI is InChI=1S/C15H25N3O4S/c1-17(2)13(14-7-5-9-22-14)10-16-15(19)12-6-4-8-18(11-12)23(3,20)21/h5,7,9,12-13H,4,6,8,10-11H2,1-3H3,(H,16,19). The zero-order valence-electron chi connectivity index (χ0n) is 13.9. The van der Waals surface area contributed by atoms with Crippen LogP contribution in [-0.2, 0) is 14.8 Å². The Kier molecular flexibility index (Phi) is 5.83. The van der Waals surface area contributed by atoms with Crippen LogP contribution >= 0.6 is 0 Å². The Bertz CT molecular complexity index is 613. The third kappa shape index (κ3) is 4.79. The first-order valence-electron chi connectivity index (χ1n) is 7.71. The van der Waals surface area contributed by atoms with Gasteiger partial charge in [-0.15, -0.1) is 0 Å². The molecule has 8 heteroatoms. The second kappa shape index (κ2) is 7.46. The molecule has 0 saturated carbocycles. The van der Waals surface area contributed by atoms with Crippen molar-refractivity contribution in [2.45, 2.75) is 18.9 Å². The first-order valence-corrected chi connectivity index (χ1v) is 9.56. The van der Waals surface area contributed by atoms with Crippen LogP contribution in [-0.4, -0.2) is 63.5 Å². The van der Waals surface area contributed by atoms with Crippen molar-refractivity contribution < 1.29 is 17.6 Å². The average molecular weight is 343 g/mol. The van der Waals surface area contributed by atoms with E-state index in [0.717, 1.165) is 5.76 Å². The molecule has 130 valence electrons. The number of nitrogens with one attached hydrogen (secondary N) is 1. The van der Waals surface area contributed by atoms with Gasteiger partial charge >= 0.3 is 0 Å². The monoisotopic (exact) mass is 343 g/mol. The highest BCUT2D eigenvalue weighted by Gasteiger charge is 2.30. The fourth-order valence-corrected chi connectivity index (χ4v) is 3.73. The summed E-state index contributed by atoms with van der Waals surface area (Å²) in [7, 11) is 0.602. The zero-order valence-corrected chi connectivity index (χ0v) is 14.7. The minimum absolute atomic E-state index is 0.0523. The smallest absolute Gasteiger partial charge is 0.224 e. The highest BCUT2D eigenvalue weighted by Crippen LogP contribution is 2.20. The third-order valence-electron chi connectivity index (χ3n) is 4.19. The van der Waals surface area contributed by atoms with Crippen molar-refractivity contribution in [1.82, 2.24) is 14.5 Å². The molecule has 23 heavy (non-hydrogen) atoms. The van der Waals surface area contributed by atoms with E-state index in [0.29, 0.717) is 25.9 Å². The second-order valence-electron chi connectivity index (χ2n) is 6.20. The van der Waals surface area contributed by atoms with Crippen molar-refractivity contribution in [3.63, 3.8) is 0 Å². The summed E-state index contributed by atoms with van der Waals surface area (Å²) < 4.78 is 30.1. The van der Waals surface area contributed by atoms with Crippen molar-refractivity contribution in [1.29, 1.82) is 0 Å². The van der Waals surface area contributed by atoms with Crippen molar-refractivity contribution in [2.75, 3.05) is 40.0 Å². The summed E-state index contributed by atoms with van der Waals surface area (Å²) in [5.41, 5.74) is 0. The minimum atomic E-state index is -3.24. The summed E-state index contributed by atoms with van der Waals surface area (Å²) in [6.45, 7) is 1.18. The maximum absolute atomic E-state index is 12.4. The van der Waals surface area contributed by atoms with Crippen molar-refractivity contribution >= 4 is 15.9 Å². The van der Waals surface area contributed by atoms with Crippen LogP contribution in [0.2, 0.25) is 0 Å². The Balaban J connectivity index is 1.93. The van der Waals surface area contributed by atoms with E-state index in [9.17, 15) is 13.2 Å². The highest BCUT2D eigenvalue weighted by molar-refractivity contribution is 7.88. The first kappa shape index (κ1) is 18.0. The molecule has 0 aromatic carbocycles. The molecule has 2 rings (SSSR count). The molecule has 0 aliphatic carbocycles. The van der Waals surface area contributed by atoms with Crippen LogP contribution in [0.5, 0.6) is 0 Å². The van der Waals surface area contributed by atoms with Gasteiger partial charge in [-0.3, -0.25) is 9.69 Å². The lowest BCUT2D eigenvalue weighted by Crippen LogP contribution is -2.46. The summed E-state index contributed by atoms with van der Waals surface area (Å²) in [4.78, 5) is 14.4. The van der Waals surface area contributed by atoms with E-state index in [-0.39, 0.29) is 24.4 Å². The van der Waals surface area contributed by atoms with E-state index in [1.165, 1.54) is 10.6 Å². The number of carbonyl (C=O) groups excluding carboxylic acids is 1. The zero-order chi connectivity index (χ0) is 17.0. The molecule has 1 aromatic heterocycles. The highest BCUT2D eigenvalue weighted by atomic mass is 32.2. The van der Waals surface area contributed by atoms with Gasteiger partial charge in [0.1, 0.15) is 5.76 Å². The second-order valence-corrected chi connectivity index (χ2v) is 8.18. The van der Waals surface area contributed by atoms with Gasteiger partial charge in [-0.2, -0.15) is 0 Å². The van der Waals surface area contributed by atoms with Crippen LogP contribution in [0.25, 0.3) is 0 Å². The fraction of sp³-hybridized carbons (Fsp3) is 0.667. The molecule has 2 atom stereocenters. The van der Waals surface area contributed by atoms with Gasteiger partial charge in [0.15, 0.2) is 0 Å². The van der Waals surface area contributed by atoms with Crippen molar-refractivity contribution in [3.8, 4) is 0 Å². The Hall–Kier alpha value is -1.38. The minimum Gasteiger partial charge on any atom is -0.468 e. The molecule has 1 amide bonds. The average Bonchev–Trinajstić information content (AvgIpc) is 3.00. The van der Waals surface area contributed by atoms with E-state index in [1.807, 2.05) is 31.1 Å². The van der Waals surface area contributed by atoms with Gasteiger partial charge in [-0.05, 0) is 39.1 Å². The summed E-state index contributed by atoms with van der Waals surface area (Å²) >= 11 is 0. The first-order chi connectivity index (χ1) is 10.8. The van der Waals surface area contributed by atoms with E-state index in [1.54, 1.807) is 6.26 Å². The lowest BCUT2D eigenvalue weighted by molar-refractivity contribution is -0.126. The largest absolute Gasteiger partial charge is 0.468 e. The van der Waals surface area contributed by atoms with Gasteiger partial charge < -0.3 is 9.73 Å². The molecule has 1 saturated heterocycles. The van der Waals surface area contributed by atoms with Gasteiger partial charge in [-0.25, -0.2) is 12.7 Å². The fourth-order valence-electron chi connectivity index (χ4n) is 2.82. The molecular formula is C15H25N3O4S. The quantitative estimate of drug-likeness (QED) is 0.821. The van der Waals surface area contributed by atoms with Crippen molar-refractivity contribution in [3.05, 3.63) is 24.2 Å². The SMILES string of the molecule is CN(C)C(CNC(=O)C1CCCN(S(C)(=O)=O)C1)c1ccco1. The Labute approximate surface area is 137 Å². The van der Waals surface area contributed by atoms with E-state index in [4.69, 9.17) is 4.42 Å². The van der Waals surface area contributed by atoms with Gasteiger partial charge in [0.2, 0.25) is 15.9 Å². The predicted octanol–water partition coefficient (Wildman–Crippen LogP) is 0.670. The number of nitrogens with zero attached hydrogens (tertiary/aromatic N) is 2. The molecule has 0 spiro atoms. The number of carbonyl (C=O) groups is 1. The molecule has 1 aliphatic rings. The number of hydrogen-bond donors (Lipinski definition) is 1. The molecule has 1 N–H and O–H groups in total. The van der Waals surface area contributed by atoms with Crippen LogP contribution in [0.1, 0.15) is 24.6 Å². The Morgan fingerprint density at radius 2 is 2.26 bits per heavy atom. The summed E-state index contributed by atoms with van der Waals surface area (Å²) in [6, 6.07) is 3.64. The lowest BCUT2D eigenvalue weighted by atomic mass is 9.98. The number of furan rings is 1. The number of rotatable bonds is 6. The van der Waals surface area contributed by atoms with Crippen LogP contribution in [0.3, 0.4) is 0 Å². The van der Waals surface area contributed by atoms with Gasteiger partial charge in [0, 0.05) is 19.6 Å². The number of hydrogen-bond acceptors (Lipinski definition) is 5. The third-order valence-corrected chi connectivity index (χ3v) is 5.46. The topological polar surface area (TPSA) is 82.9 Å². The molecule has 2 unspecified atom stereocenters. The summed E-state index contributed by atoms with van der Waals surface area (Å²) in [6.07, 6.45) is 4.22. The number of sulfonamides is 1. The molecule has 0 radical (unpaired) electrons. The van der Waals surface area contributed by atoms with Gasteiger partial charge in [0.25, 0.3) is 0 Å². The molecule has 2 heterocycles. The maximum atomic E-state index is 12.4. The van der Waals surface area contributed by atoms with E-state index >= 15 is 0 Å². The molecule has 1 fully saturated rings. The lowest BCUT2D eigenvalue weighted by Gasteiger charge is -2.31. The molecular weight excluding hydrogens is 318 g/mol. The Morgan fingerprint density at radius 1 is 1.52 bits per heavy atom. The van der Waals surface area contributed by atoms with E-state index < -0.39 is 10.0 Å². The molecule has 7 nitrogen and oxygen atoms in total. The van der Waals surface area contributed by atoms with Crippen LogP contribution in [0, 0.1) is 5.92 Å². The van der Waals surface area contributed by atoms with Crippen LogP contribution in [0.15, 0.2) is 22.8 Å². The predicted molar refractivity (Wildman–Crippen MR) is 87.3 cm³/mol. The summed E-state index contributed by atoms with van der Waals surface area (Å²) in [5.74, 6) is 0.395. The van der Waals surface area contributed by atoms with Crippen LogP contribution < -0.4 is 5.32 Å². The maximum Gasteiger partial charge on any atom is 0.224 e. The van der Waals surface area contributed by atoms with Gasteiger partial charge in [-0.1, -0.05) is 0 Å². The number of likely N-dealkylation sites (N-methyl/N-ethyl adjacent to an activating group) is 1. The number of piperidine rings is 1. The Morgan fingerprint density at radius 3 is 2.83 bits per heavy atom. The van der Waals surface area contributed by atoms with Crippen molar-refractivity contribution in [2.24, 2.45) is 5.92 Å². The molecule has 1 aromatic rings. The van der Waals surface area contributed by atoms with Crippen LogP contribution in [0.4, 0.5) is 0 Å². The number of amides is 1.